The summed E-state index contributed by atoms with van der Waals surface area (Å²) in [6, 6.07) is 12.6. The summed E-state index contributed by atoms with van der Waals surface area (Å²) in [5, 5.41) is 9.29. The Morgan fingerprint density at radius 3 is 2.86 bits per heavy atom. The smallest absolute Gasteiger partial charge is 0.331 e. The van der Waals surface area contributed by atoms with Crippen LogP contribution in [-0.4, -0.2) is 15.5 Å². The molecule has 0 saturated heterocycles. The van der Waals surface area contributed by atoms with Crippen molar-refractivity contribution in [3.63, 3.8) is 0 Å². The van der Waals surface area contributed by atoms with E-state index in [1.54, 1.807) is 24.3 Å². The van der Waals surface area contributed by atoms with Crippen molar-refractivity contribution >= 4 is 34.5 Å². The second-order valence-electron chi connectivity index (χ2n) is 5.71. The van der Waals surface area contributed by atoms with Crippen LogP contribution in [-0.2, 0) is 22.7 Å². The standard InChI is InChI=1S/C20H13ClFN3O3/c21-15-11-13(5-7-16(15)22)6-8-19(26)28-12-18-24-17-4-2-1-3-14(17)20(27)25(18)10-9-23/h1-8,11H,10,12H2/b8-6+. The molecule has 0 aliphatic heterocycles. The van der Waals surface area contributed by atoms with E-state index >= 15 is 0 Å². The van der Waals surface area contributed by atoms with Crippen LogP contribution < -0.4 is 5.56 Å². The lowest BCUT2D eigenvalue weighted by atomic mass is 10.2. The number of ether oxygens (including phenoxy) is 1. The topological polar surface area (TPSA) is 85.0 Å². The number of benzene rings is 2. The van der Waals surface area contributed by atoms with E-state index in [2.05, 4.69) is 4.98 Å². The maximum absolute atomic E-state index is 13.1. The lowest BCUT2D eigenvalue weighted by Gasteiger charge is -2.10. The van der Waals surface area contributed by atoms with Crippen molar-refractivity contribution in [3.05, 3.63) is 81.1 Å². The number of hydrogen-bond donors (Lipinski definition) is 0. The largest absolute Gasteiger partial charge is 0.454 e. The van der Waals surface area contributed by atoms with Crippen molar-refractivity contribution in [3.8, 4) is 6.07 Å². The van der Waals surface area contributed by atoms with Gasteiger partial charge < -0.3 is 4.74 Å². The van der Waals surface area contributed by atoms with Crippen LogP contribution in [0.4, 0.5) is 4.39 Å². The third kappa shape index (κ3) is 4.24. The molecule has 0 aliphatic rings. The molecule has 140 valence electrons. The van der Waals surface area contributed by atoms with Gasteiger partial charge in [-0.05, 0) is 35.9 Å². The molecule has 0 unspecified atom stereocenters. The van der Waals surface area contributed by atoms with Crippen LogP contribution in [0.15, 0.2) is 53.3 Å². The van der Waals surface area contributed by atoms with Crippen molar-refractivity contribution in [1.29, 1.82) is 5.26 Å². The third-order valence-electron chi connectivity index (χ3n) is 3.87. The summed E-state index contributed by atoms with van der Waals surface area (Å²) in [4.78, 5) is 28.8. The van der Waals surface area contributed by atoms with Gasteiger partial charge in [-0.1, -0.05) is 29.8 Å². The van der Waals surface area contributed by atoms with Gasteiger partial charge in [-0.2, -0.15) is 5.26 Å². The molecule has 28 heavy (non-hydrogen) atoms. The average molecular weight is 398 g/mol. The number of aromatic nitrogens is 2. The van der Waals surface area contributed by atoms with Crippen molar-refractivity contribution in [2.45, 2.75) is 13.2 Å². The minimum absolute atomic E-state index is 0.0589. The Labute approximate surface area is 164 Å². The number of nitriles is 1. The van der Waals surface area contributed by atoms with Gasteiger partial charge >= 0.3 is 5.97 Å². The number of esters is 1. The molecule has 6 nitrogen and oxygen atoms in total. The maximum Gasteiger partial charge on any atom is 0.331 e. The van der Waals surface area contributed by atoms with Crippen LogP contribution in [0.3, 0.4) is 0 Å². The zero-order valence-electron chi connectivity index (χ0n) is 14.4. The summed E-state index contributed by atoms with van der Waals surface area (Å²) < 4.78 is 19.4. The maximum atomic E-state index is 13.1. The summed E-state index contributed by atoms with van der Waals surface area (Å²) in [6.07, 6.45) is 2.57. The molecular formula is C20H13ClFN3O3. The van der Waals surface area contributed by atoms with Crippen LogP contribution >= 0.6 is 11.6 Å². The van der Waals surface area contributed by atoms with Gasteiger partial charge in [0.05, 0.1) is 22.0 Å². The fourth-order valence-electron chi connectivity index (χ4n) is 2.52. The number of fused-ring (bicyclic) bond motifs is 1. The Hall–Kier alpha value is -3.50. The Morgan fingerprint density at radius 2 is 2.11 bits per heavy atom. The van der Waals surface area contributed by atoms with Crippen molar-refractivity contribution in [2.24, 2.45) is 0 Å². The fraction of sp³-hybridized carbons (Fsp3) is 0.100. The van der Waals surface area contributed by atoms with Gasteiger partial charge in [-0.15, -0.1) is 0 Å². The lowest BCUT2D eigenvalue weighted by Crippen LogP contribution is -2.26. The Bertz CT molecular complexity index is 1180. The summed E-state index contributed by atoms with van der Waals surface area (Å²) >= 11 is 5.69. The zero-order chi connectivity index (χ0) is 20.1. The van der Waals surface area contributed by atoms with Gasteiger partial charge in [0.2, 0.25) is 0 Å². The summed E-state index contributed by atoms with van der Waals surface area (Å²) in [5.41, 5.74) is 0.590. The molecule has 8 heteroatoms. The number of hydrogen-bond acceptors (Lipinski definition) is 5. The molecule has 0 saturated carbocycles. The van der Waals surface area contributed by atoms with E-state index in [0.29, 0.717) is 16.5 Å². The van der Waals surface area contributed by atoms with Crippen LogP contribution in [0.1, 0.15) is 11.4 Å². The average Bonchev–Trinajstić information content (AvgIpc) is 2.70. The number of para-hydroxylation sites is 1. The van der Waals surface area contributed by atoms with Crippen LogP contribution in [0.25, 0.3) is 17.0 Å². The number of carbonyl (C=O) groups is 1. The Morgan fingerprint density at radius 1 is 1.32 bits per heavy atom. The molecule has 1 heterocycles. The van der Waals surface area contributed by atoms with Gasteiger partial charge in [0.1, 0.15) is 19.0 Å². The van der Waals surface area contributed by atoms with Gasteiger partial charge in [-0.25, -0.2) is 14.2 Å². The summed E-state index contributed by atoms with van der Waals surface area (Å²) in [6.45, 7) is -0.497. The number of nitrogens with zero attached hydrogens (tertiary/aromatic N) is 3. The Kier molecular flexibility index (Phi) is 5.82. The predicted octanol–water partition coefficient (Wildman–Crippen LogP) is 3.47. The lowest BCUT2D eigenvalue weighted by molar-refractivity contribution is -0.139. The van der Waals surface area contributed by atoms with E-state index < -0.39 is 11.8 Å². The Balaban J connectivity index is 1.79. The quantitative estimate of drug-likeness (QED) is 0.486. The van der Waals surface area contributed by atoms with E-state index in [9.17, 15) is 14.0 Å². The first-order valence-corrected chi connectivity index (χ1v) is 8.52. The highest BCUT2D eigenvalue weighted by atomic mass is 35.5. The molecular weight excluding hydrogens is 385 g/mol. The van der Waals surface area contributed by atoms with E-state index in [0.717, 1.165) is 6.08 Å². The first kappa shape index (κ1) is 19.3. The normalized spacial score (nSPS) is 10.9. The number of carbonyl (C=O) groups excluding carboxylic acids is 1. The molecule has 0 spiro atoms. The van der Waals surface area contributed by atoms with Gasteiger partial charge in [-0.3, -0.25) is 9.36 Å². The number of halogens is 2. The second kappa shape index (κ2) is 8.46. The first-order valence-electron chi connectivity index (χ1n) is 8.15. The third-order valence-corrected chi connectivity index (χ3v) is 4.16. The molecule has 1 aromatic heterocycles. The molecule has 0 atom stereocenters. The van der Waals surface area contributed by atoms with Crippen LogP contribution in [0, 0.1) is 17.1 Å². The van der Waals surface area contributed by atoms with Crippen molar-refractivity contribution in [2.75, 3.05) is 0 Å². The molecule has 0 N–H and O–H groups in total. The monoisotopic (exact) mass is 397 g/mol. The minimum atomic E-state index is -0.689. The zero-order valence-corrected chi connectivity index (χ0v) is 15.2. The first-order chi connectivity index (χ1) is 13.5. The molecule has 3 rings (SSSR count). The van der Waals surface area contributed by atoms with Gasteiger partial charge in [0, 0.05) is 6.08 Å². The minimum Gasteiger partial charge on any atom is -0.454 e. The summed E-state index contributed by atoms with van der Waals surface area (Å²) in [7, 11) is 0. The molecule has 0 fully saturated rings. The highest BCUT2D eigenvalue weighted by molar-refractivity contribution is 6.30. The fourth-order valence-corrected chi connectivity index (χ4v) is 2.71. The highest BCUT2D eigenvalue weighted by Gasteiger charge is 2.12. The van der Waals surface area contributed by atoms with Crippen LogP contribution in [0.5, 0.6) is 0 Å². The SMILES string of the molecule is N#CCn1c(COC(=O)/C=C/c2ccc(F)c(Cl)c2)nc2ccccc2c1=O. The molecule has 3 aromatic rings. The van der Waals surface area contributed by atoms with Crippen molar-refractivity contribution in [1.82, 2.24) is 9.55 Å². The molecule has 2 aromatic carbocycles. The molecule has 0 aliphatic carbocycles. The molecule has 0 amide bonds. The predicted molar refractivity (Wildman–Crippen MR) is 102 cm³/mol. The number of rotatable bonds is 5. The van der Waals surface area contributed by atoms with Crippen molar-refractivity contribution < 1.29 is 13.9 Å². The van der Waals surface area contributed by atoms with Crippen LogP contribution in [0.2, 0.25) is 5.02 Å². The molecule has 0 radical (unpaired) electrons. The van der Waals surface area contributed by atoms with E-state index in [1.807, 2.05) is 6.07 Å². The second-order valence-corrected chi connectivity index (χ2v) is 6.12. The van der Waals surface area contributed by atoms with Gasteiger partial charge in [0.15, 0.2) is 5.82 Å². The molecule has 0 bridgehead atoms. The van der Waals surface area contributed by atoms with E-state index in [1.165, 1.54) is 28.8 Å². The summed E-state index contributed by atoms with van der Waals surface area (Å²) in [5.74, 6) is -1.08. The highest BCUT2D eigenvalue weighted by Crippen LogP contribution is 2.17. The van der Waals surface area contributed by atoms with E-state index in [4.69, 9.17) is 21.6 Å². The van der Waals surface area contributed by atoms with Gasteiger partial charge in [0.25, 0.3) is 5.56 Å². The van der Waals surface area contributed by atoms with E-state index in [-0.39, 0.29) is 29.6 Å².